The number of nitrogens with zero attached hydrogens (tertiary/aromatic N) is 1. The summed E-state index contributed by atoms with van der Waals surface area (Å²) in [5.41, 5.74) is 0.913. The molecule has 1 heterocycles. The molecule has 1 unspecified atom stereocenters. The van der Waals surface area contributed by atoms with Crippen molar-refractivity contribution in [3.8, 4) is 5.75 Å². The summed E-state index contributed by atoms with van der Waals surface area (Å²) in [5, 5.41) is 0. The van der Waals surface area contributed by atoms with E-state index in [-0.39, 0.29) is 17.6 Å². The third-order valence-electron chi connectivity index (χ3n) is 3.39. The van der Waals surface area contributed by atoms with E-state index < -0.39 is 0 Å². The lowest BCUT2D eigenvalue weighted by molar-refractivity contribution is -0.133. The first-order valence-electron chi connectivity index (χ1n) is 7.19. The van der Waals surface area contributed by atoms with Gasteiger partial charge in [-0.25, -0.2) is 4.39 Å². The zero-order valence-corrected chi connectivity index (χ0v) is 12.8. The lowest BCUT2D eigenvalue weighted by Gasteiger charge is -2.28. The normalized spacial score (nSPS) is 18.4. The van der Waals surface area contributed by atoms with E-state index in [9.17, 15) is 9.18 Å². The SMILES string of the molecule is CC.Cc1ccc(F)cc1OCC1CCN(C)C(=O)C1. The largest absolute Gasteiger partial charge is 0.493 e. The van der Waals surface area contributed by atoms with Crippen molar-refractivity contribution >= 4 is 5.91 Å². The number of benzene rings is 1. The van der Waals surface area contributed by atoms with Crippen LogP contribution >= 0.6 is 0 Å². The lowest BCUT2D eigenvalue weighted by atomic mass is 9.97. The number of aryl methyl sites for hydroxylation is 1. The van der Waals surface area contributed by atoms with Gasteiger partial charge in [-0.2, -0.15) is 0 Å². The van der Waals surface area contributed by atoms with Gasteiger partial charge in [0, 0.05) is 32.0 Å². The van der Waals surface area contributed by atoms with Crippen molar-refractivity contribution in [2.75, 3.05) is 20.2 Å². The Balaban J connectivity index is 0.000000956. The molecule has 4 heteroatoms. The first kappa shape index (κ1) is 16.5. The van der Waals surface area contributed by atoms with Crippen LogP contribution in [0.4, 0.5) is 4.39 Å². The lowest BCUT2D eigenvalue weighted by Crippen LogP contribution is -2.37. The molecular formula is C16H24FNO2. The minimum atomic E-state index is -0.296. The van der Waals surface area contributed by atoms with Gasteiger partial charge in [-0.3, -0.25) is 4.79 Å². The van der Waals surface area contributed by atoms with Crippen LogP contribution in [0.3, 0.4) is 0 Å². The summed E-state index contributed by atoms with van der Waals surface area (Å²) < 4.78 is 18.7. The van der Waals surface area contributed by atoms with Crippen LogP contribution in [0.1, 0.15) is 32.3 Å². The summed E-state index contributed by atoms with van der Waals surface area (Å²) in [6, 6.07) is 4.51. The molecule has 1 fully saturated rings. The summed E-state index contributed by atoms with van der Waals surface area (Å²) in [5.74, 6) is 0.665. The third-order valence-corrected chi connectivity index (χ3v) is 3.39. The van der Waals surface area contributed by atoms with Crippen molar-refractivity contribution in [1.82, 2.24) is 4.90 Å². The van der Waals surface area contributed by atoms with Crippen LogP contribution in [0.15, 0.2) is 18.2 Å². The summed E-state index contributed by atoms with van der Waals surface area (Å²) in [6.07, 6.45) is 1.46. The maximum atomic E-state index is 13.1. The fourth-order valence-electron chi connectivity index (χ4n) is 2.09. The molecule has 0 spiro atoms. The predicted octanol–water partition coefficient (Wildman–Crippen LogP) is 3.41. The van der Waals surface area contributed by atoms with E-state index in [2.05, 4.69) is 0 Å². The van der Waals surface area contributed by atoms with Gasteiger partial charge < -0.3 is 9.64 Å². The number of hydrogen-bond donors (Lipinski definition) is 0. The van der Waals surface area contributed by atoms with Crippen LogP contribution in [0.2, 0.25) is 0 Å². The predicted molar refractivity (Wildman–Crippen MR) is 78.3 cm³/mol. The Labute approximate surface area is 120 Å². The molecule has 1 saturated heterocycles. The number of carbonyl (C=O) groups excluding carboxylic acids is 1. The van der Waals surface area contributed by atoms with Gasteiger partial charge in [0.05, 0.1) is 6.61 Å². The maximum absolute atomic E-state index is 13.1. The van der Waals surface area contributed by atoms with Gasteiger partial charge in [0.15, 0.2) is 0 Å². The van der Waals surface area contributed by atoms with Crippen molar-refractivity contribution in [3.05, 3.63) is 29.6 Å². The Kier molecular flexibility index (Phi) is 6.49. The number of likely N-dealkylation sites (tertiary alicyclic amines) is 1. The second kappa shape index (κ2) is 7.88. The number of hydrogen-bond acceptors (Lipinski definition) is 2. The molecule has 1 aliphatic rings. The van der Waals surface area contributed by atoms with Crippen molar-refractivity contribution < 1.29 is 13.9 Å². The quantitative estimate of drug-likeness (QED) is 0.849. The van der Waals surface area contributed by atoms with Crippen molar-refractivity contribution in [2.45, 2.75) is 33.6 Å². The highest BCUT2D eigenvalue weighted by atomic mass is 19.1. The minimum absolute atomic E-state index is 0.158. The van der Waals surface area contributed by atoms with E-state index >= 15 is 0 Å². The topological polar surface area (TPSA) is 29.5 Å². The highest BCUT2D eigenvalue weighted by Gasteiger charge is 2.23. The molecule has 1 aromatic carbocycles. The zero-order chi connectivity index (χ0) is 15.1. The molecule has 0 aromatic heterocycles. The molecule has 0 radical (unpaired) electrons. The Bertz CT molecular complexity index is 448. The third kappa shape index (κ3) is 4.51. The molecule has 1 atom stereocenters. The summed E-state index contributed by atoms with van der Waals surface area (Å²) >= 11 is 0. The first-order chi connectivity index (χ1) is 9.56. The van der Waals surface area contributed by atoms with E-state index in [1.165, 1.54) is 12.1 Å². The number of piperidine rings is 1. The summed E-state index contributed by atoms with van der Waals surface area (Å²) in [6.45, 7) is 7.13. The maximum Gasteiger partial charge on any atom is 0.222 e. The standard InChI is InChI=1S/C14H18FNO2.C2H6/c1-10-3-4-12(15)8-13(10)18-9-11-5-6-16(2)14(17)7-11;1-2/h3-4,8,11H,5-7,9H2,1-2H3;1-2H3. The highest BCUT2D eigenvalue weighted by molar-refractivity contribution is 5.76. The van der Waals surface area contributed by atoms with Crippen molar-refractivity contribution in [3.63, 3.8) is 0 Å². The van der Waals surface area contributed by atoms with Gasteiger partial charge in [0.25, 0.3) is 0 Å². The second-order valence-corrected chi connectivity index (χ2v) is 4.89. The summed E-state index contributed by atoms with van der Waals surface area (Å²) in [4.78, 5) is 13.3. The molecule has 20 heavy (non-hydrogen) atoms. The molecule has 0 N–H and O–H groups in total. The Morgan fingerprint density at radius 3 is 2.75 bits per heavy atom. The molecule has 1 aromatic rings. The van der Waals surface area contributed by atoms with Crippen molar-refractivity contribution in [2.24, 2.45) is 5.92 Å². The molecule has 112 valence electrons. The monoisotopic (exact) mass is 281 g/mol. The zero-order valence-electron chi connectivity index (χ0n) is 12.8. The molecule has 2 rings (SSSR count). The molecule has 1 aliphatic heterocycles. The van der Waals surface area contributed by atoms with Crippen LogP contribution < -0.4 is 4.74 Å². The van der Waals surface area contributed by atoms with Crippen molar-refractivity contribution in [1.29, 1.82) is 0 Å². The molecule has 0 saturated carbocycles. The van der Waals surface area contributed by atoms with E-state index in [0.717, 1.165) is 18.5 Å². The minimum Gasteiger partial charge on any atom is -0.493 e. The first-order valence-corrected chi connectivity index (χ1v) is 7.19. The van der Waals surface area contributed by atoms with E-state index in [1.54, 1.807) is 11.0 Å². The van der Waals surface area contributed by atoms with Crippen LogP contribution in [0.5, 0.6) is 5.75 Å². The van der Waals surface area contributed by atoms with E-state index in [4.69, 9.17) is 4.74 Å². The molecule has 0 aliphatic carbocycles. The molecule has 0 bridgehead atoms. The van der Waals surface area contributed by atoms with E-state index in [1.807, 2.05) is 27.8 Å². The number of rotatable bonds is 3. The molecule has 1 amide bonds. The highest BCUT2D eigenvalue weighted by Crippen LogP contribution is 2.22. The van der Waals surface area contributed by atoms with Crippen LogP contribution in [0, 0.1) is 18.7 Å². The number of ether oxygens (including phenoxy) is 1. The smallest absolute Gasteiger partial charge is 0.222 e. The average molecular weight is 281 g/mol. The fourth-order valence-corrected chi connectivity index (χ4v) is 2.09. The van der Waals surface area contributed by atoms with Crippen LogP contribution in [0.25, 0.3) is 0 Å². The molecule has 3 nitrogen and oxygen atoms in total. The second-order valence-electron chi connectivity index (χ2n) is 4.89. The number of carbonyl (C=O) groups is 1. The van der Waals surface area contributed by atoms with Crippen LogP contribution in [-0.4, -0.2) is 31.0 Å². The Morgan fingerprint density at radius 2 is 2.10 bits per heavy atom. The van der Waals surface area contributed by atoms with Gasteiger partial charge in [-0.15, -0.1) is 0 Å². The van der Waals surface area contributed by atoms with Gasteiger partial charge in [-0.1, -0.05) is 19.9 Å². The molecular weight excluding hydrogens is 257 g/mol. The van der Waals surface area contributed by atoms with E-state index in [0.29, 0.717) is 18.8 Å². The summed E-state index contributed by atoms with van der Waals surface area (Å²) in [7, 11) is 1.82. The van der Waals surface area contributed by atoms with Crippen LogP contribution in [-0.2, 0) is 4.79 Å². The van der Waals surface area contributed by atoms with Gasteiger partial charge in [0.2, 0.25) is 5.91 Å². The number of halogens is 1. The van der Waals surface area contributed by atoms with Gasteiger partial charge >= 0.3 is 0 Å². The number of amides is 1. The van der Waals surface area contributed by atoms with Gasteiger partial charge in [-0.05, 0) is 25.0 Å². The average Bonchev–Trinajstić information content (AvgIpc) is 2.46. The Hall–Kier alpha value is -1.58. The van der Waals surface area contributed by atoms with Gasteiger partial charge in [0.1, 0.15) is 11.6 Å². The Morgan fingerprint density at radius 1 is 1.40 bits per heavy atom. The fraction of sp³-hybridized carbons (Fsp3) is 0.562.